The summed E-state index contributed by atoms with van der Waals surface area (Å²) in [6, 6.07) is 7.58. The largest absolute Gasteiger partial charge is 0.448 e. The summed E-state index contributed by atoms with van der Waals surface area (Å²) in [5.41, 5.74) is 1.88. The zero-order chi connectivity index (χ0) is 12.3. The molecule has 0 aliphatic heterocycles. The average molecular weight is 252 g/mol. The lowest BCUT2D eigenvalue weighted by Gasteiger charge is -1.98. The van der Waals surface area contributed by atoms with Gasteiger partial charge in [0.2, 0.25) is 0 Å². The number of rotatable bonds is 4. The molecule has 1 unspecified atom stereocenters. The third-order valence-electron chi connectivity index (χ3n) is 2.37. The van der Waals surface area contributed by atoms with Crippen LogP contribution in [0.25, 0.3) is 0 Å². The van der Waals surface area contributed by atoms with Crippen LogP contribution in [-0.2, 0) is 12.8 Å². The van der Waals surface area contributed by atoms with Crippen molar-refractivity contribution in [3.05, 3.63) is 52.7 Å². The Morgan fingerprint density at radius 3 is 2.71 bits per heavy atom. The first-order valence-electron chi connectivity index (χ1n) is 5.49. The minimum Gasteiger partial charge on any atom is -0.448 e. The van der Waals surface area contributed by atoms with Crippen molar-refractivity contribution in [3.8, 4) is 0 Å². The van der Waals surface area contributed by atoms with E-state index in [0.29, 0.717) is 18.7 Å². The van der Waals surface area contributed by atoms with E-state index in [9.17, 15) is 5.11 Å². The molecule has 4 heteroatoms. The number of aromatic nitrogens is 1. The Labute approximate surface area is 105 Å². The highest BCUT2D eigenvalue weighted by molar-refractivity contribution is 6.30. The van der Waals surface area contributed by atoms with Gasteiger partial charge in [-0.25, -0.2) is 4.98 Å². The highest BCUT2D eigenvalue weighted by Crippen LogP contribution is 2.14. The predicted molar refractivity (Wildman–Crippen MR) is 66.1 cm³/mol. The molecule has 0 spiro atoms. The summed E-state index contributed by atoms with van der Waals surface area (Å²) in [4.78, 5) is 4.31. The van der Waals surface area contributed by atoms with Gasteiger partial charge in [0.15, 0.2) is 5.89 Å². The summed E-state index contributed by atoms with van der Waals surface area (Å²) in [7, 11) is 0. The number of benzene rings is 1. The van der Waals surface area contributed by atoms with E-state index in [0.717, 1.165) is 16.3 Å². The van der Waals surface area contributed by atoms with Crippen LogP contribution in [0, 0.1) is 0 Å². The normalized spacial score (nSPS) is 12.6. The van der Waals surface area contributed by atoms with Gasteiger partial charge >= 0.3 is 0 Å². The lowest BCUT2D eigenvalue weighted by Crippen LogP contribution is -2.04. The van der Waals surface area contributed by atoms with Gasteiger partial charge in [-0.05, 0) is 24.6 Å². The SMILES string of the molecule is CC(O)Cc1coc(Cc2ccc(Cl)cc2)n1. The van der Waals surface area contributed by atoms with Crippen LogP contribution in [0.15, 0.2) is 34.9 Å². The standard InChI is InChI=1S/C13H14ClNO2/c1-9(16)6-12-8-17-13(15-12)7-10-2-4-11(14)5-3-10/h2-5,8-9,16H,6-7H2,1H3. The van der Waals surface area contributed by atoms with Crippen LogP contribution in [-0.4, -0.2) is 16.2 Å². The molecule has 1 heterocycles. The molecule has 1 aromatic carbocycles. The molecule has 1 atom stereocenters. The molecule has 0 saturated heterocycles. The van der Waals surface area contributed by atoms with Gasteiger partial charge in [0, 0.05) is 17.9 Å². The third-order valence-corrected chi connectivity index (χ3v) is 2.62. The number of hydrogen-bond acceptors (Lipinski definition) is 3. The summed E-state index contributed by atoms with van der Waals surface area (Å²) in [5, 5.41) is 9.96. The second-order valence-electron chi connectivity index (χ2n) is 4.09. The second kappa shape index (κ2) is 5.34. The fourth-order valence-corrected chi connectivity index (χ4v) is 1.73. The number of hydrogen-bond donors (Lipinski definition) is 1. The first kappa shape index (κ1) is 12.1. The van der Waals surface area contributed by atoms with Crippen LogP contribution >= 0.6 is 11.6 Å². The van der Waals surface area contributed by atoms with Crippen molar-refractivity contribution < 1.29 is 9.52 Å². The van der Waals surface area contributed by atoms with E-state index >= 15 is 0 Å². The Hall–Kier alpha value is -1.32. The number of aliphatic hydroxyl groups is 1. The number of halogens is 1. The molecule has 1 N–H and O–H groups in total. The van der Waals surface area contributed by atoms with Crippen molar-refractivity contribution >= 4 is 11.6 Å². The third kappa shape index (κ3) is 3.58. The van der Waals surface area contributed by atoms with Crippen LogP contribution in [0.1, 0.15) is 24.1 Å². The van der Waals surface area contributed by atoms with E-state index in [2.05, 4.69) is 4.98 Å². The lowest BCUT2D eigenvalue weighted by molar-refractivity contribution is 0.194. The van der Waals surface area contributed by atoms with Gasteiger partial charge in [0.25, 0.3) is 0 Å². The molecule has 3 nitrogen and oxygen atoms in total. The molecule has 0 aliphatic rings. The first-order chi connectivity index (χ1) is 8.13. The smallest absolute Gasteiger partial charge is 0.198 e. The average Bonchev–Trinajstić information content (AvgIpc) is 2.68. The topological polar surface area (TPSA) is 46.3 Å². The minimum absolute atomic E-state index is 0.400. The summed E-state index contributed by atoms with van der Waals surface area (Å²) < 4.78 is 5.34. The van der Waals surface area contributed by atoms with E-state index in [1.807, 2.05) is 24.3 Å². The van der Waals surface area contributed by atoms with Crippen LogP contribution < -0.4 is 0 Å². The Morgan fingerprint density at radius 1 is 1.35 bits per heavy atom. The highest BCUT2D eigenvalue weighted by Gasteiger charge is 2.07. The molecule has 0 saturated carbocycles. The highest BCUT2D eigenvalue weighted by atomic mass is 35.5. The molecule has 17 heavy (non-hydrogen) atoms. The van der Waals surface area contributed by atoms with Gasteiger partial charge in [-0.2, -0.15) is 0 Å². The van der Waals surface area contributed by atoms with Crippen LogP contribution in [0.4, 0.5) is 0 Å². The van der Waals surface area contributed by atoms with Gasteiger partial charge in [-0.1, -0.05) is 23.7 Å². The molecular weight excluding hydrogens is 238 g/mol. The molecule has 0 radical (unpaired) electrons. The summed E-state index contributed by atoms with van der Waals surface area (Å²) >= 11 is 5.81. The Balaban J connectivity index is 2.03. The Bertz CT molecular complexity index is 476. The zero-order valence-electron chi connectivity index (χ0n) is 9.56. The van der Waals surface area contributed by atoms with Gasteiger partial charge < -0.3 is 9.52 Å². The van der Waals surface area contributed by atoms with Crippen LogP contribution in [0.5, 0.6) is 0 Å². The van der Waals surface area contributed by atoms with Crippen molar-refractivity contribution in [1.82, 2.24) is 4.98 Å². The molecule has 0 amide bonds. The summed E-state index contributed by atoms with van der Waals surface area (Å²) in [6.45, 7) is 1.73. The first-order valence-corrected chi connectivity index (χ1v) is 5.87. The van der Waals surface area contributed by atoms with E-state index in [-0.39, 0.29) is 0 Å². The fraction of sp³-hybridized carbons (Fsp3) is 0.308. The van der Waals surface area contributed by atoms with Crippen molar-refractivity contribution in [2.45, 2.75) is 25.9 Å². The van der Waals surface area contributed by atoms with Crippen LogP contribution in [0.2, 0.25) is 5.02 Å². The van der Waals surface area contributed by atoms with E-state index in [1.165, 1.54) is 0 Å². The molecule has 2 aromatic rings. The lowest BCUT2D eigenvalue weighted by atomic mass is 10.1. The molecule has 0 aliphatic carbocycles. The predicted octanol–water partition coefficient (Wildman–Crippen LogP) is 2.84. The molecule has 90 valence electrons. The quantitative estimate of drug-likeness (QED) is 0.909. The maximum Gasteiger partial charge on any atom is 0.198 e. The van der Waals surface area contributed by atoms with Crippen molar-refractivity contribution in [1.29, 1.82) is 0 Å². The van der Waals surface area contributed by atoms with Gasteiger partial charge in [-0.15, -0.1) is 0 Å². The van der Waals surface area contributed by atoms with E-state index in [4.69, 9.17) is 16.0 Å². The summed E-state index contributed by atoms with van der Waals surface area (Å²) in [6.07, 6.45) is 2.35. The van der Waals surface area contributed by atoms with Crippen molar-refractivity contribution in [2.75, 3.05) is 0 Å². The van der Waals surface area contributed by atoms with Gasteiger partial charge in [0.05, 0.1) is 11.8 Å². The van der Waals surface area contributed by atoms with Gasteiger partial charge in [-0.3, -0.25) is 0 Å². The second-order valence-corrected chi connectivity index (χ2v) is 4.53. The van der Waals surface area contributed by atoms with Crippen molar-refractivity contribution in [2.24, 2.45) is 0 Å². The summed E-state index contributed by atoms with van der Waals surface area (Å²) in [5.74, 6) is 0.656. The molecule has 2 rings (SSSR count). The number of oxazole rings is 1. The molecular formula is C13H14ClNO2. The fourth-order valence-electron chi connectivity index (χ4n) is 1.60. The maximum absolute atomic E-state index is 9.24. The van der Waals surface area contributed by atoms with Gasteiger partial charge in [0.1, 0.15) is 6.26 Å². The molecule has 0 bridgehead atoms. The zero-order valence-corrected chi connectivity index (χ0v) is 10.3. The maximum atomic E-state index is 9.24. The number of nitrogens with zero attached hydrogens (tertiary/aromatic N) is 1. The minimum atomic E-state index is -0.400. The molecule has 1 aromatic heterocycles. The van der Waals surface area contributed by atoms with E-state index in [1.54, 1.807) is 13.2 Å². The molecule has 0 fully saturated rings. The Morgan fingerprint density at radius 2 is 2.06 bits per heavy atom. The Kier molecular flexibility index (Phi) is 3.82. The van der Waals surface area contributed by atoms with E-state index < -0.39 is 6.10 Å². The monoisotopic (exact) mass is 251 g/mol. The number of aliphatic hydroxyl groups excluding tert-OH is 1. The van der Waals surface area contributed by atoms with Crippen molar-refractivity contribution in [3.63, 3.8) is 0 Å². The van der Waals surface area contributed by atoms with Crippen LogP contribution in [0.3, 0.4) is 0 Å².